The quantitative estimate of drug-likeness (QED) is 0.820. The predicted molar refractivity (Wildman–Crippen MR) is 92.4 cm³/mol. The van der Waals surface area contributed by atoms with Gasteiger partial charge < -0.3 is 11.1 Å². The second-order valence-corrected chi connectivity index (χ2v) is 6.02. The van der Waals surface area contributed by atoms with E-state index < -0.39 is 0 Å². The van der Waals surface area contributed by atoms with Crippen molar-refractivity contribution in [1.29, 1.82) is 0 Å². The SMILES string of the molecule is Cc1ccc(C(=O)NCc2cccc(C(N)=S)c2)c(Br)c1. The molecule has 0 radical (unpaired) electrons. The third kappa shape index (κ3) is 4.12. The van der Waals surface area contributed by atoms with Crippen LogP contribution in [0, 0.1) is 6.92 Å². The Bertz CT molecular complexity index is 700. The van der Waals surface area contributed by atoms with Gasteiger partial charge in [-0.1, -0.05) is 36.5 Å². The lowest BCUT2D eigenvalue weighted by Gasteiger charge is -2.08. The molecule has 108 valence electrons. The van der Waals surface area contributed by atoms with Gasteiger partial charge in [-0.25, -0.2) is 0 Å². The number of carbonyl (C=O) groups excluding carboxylic acids is 1. The monoisotopic (exact) mass is 362 g/mol. The van der Waals surface area contributed by atoms with Crippen LogP contribution in [0.4, 0.5) is 0 Å². The third-order valence-corrected chi connectivity index (χ3v) is 3.93. The van der Waals surface area contributed by atoms with Gasteiger partial charge in [-0.05, 0) is 52.2 Å². The molecule has 0 unspecified atom stereocenters. The Balaban J connectivity index is 2.07. The number of halogens is 1. The zero-order valence-electron chi connectivity index (χ0n) is 11.5. The number of carbonyl (C=O) groups is 1. The van der Waals surface area contributed by atoms with E-state index in [0.29, 0.717) is 17.1 Å². The van der Waals surface area contributed by atoms with Crippen molar-refractivity contribution >= 4 is 39.0 Å². The molecule has 0 atom stereocenters. The molecular formula is C16H15BrN2OS. The fraction of sp³-hybridized carbons (Fsp3) is 0.125. The van der Waals surface area contributed by atoms with Gasteiger partial charge in [0.15, 0.2) is 0 Å². The minimum absolute atomic E-state index is 0.123. The maximum absolute atomic E-state index is 12.2. The van der Waals surface area contributed by atoms with Crippen LogP contribution in [-0.2, 0) is 6.54 Å². The molecule has 0 aliphatic carbocycles. The zero-order chi connectivity index (χ0) is 15.4. The number of nitrogens with one attached hydrogen (secondary N) is 1. The van der Waals surface area contributed by atoms with Gasteiger partial charge >= 0.3 is 0 Å². The van der Waals surface area contributed by atoms with Crippen LogP contribution in [0.2, 0.25) is 0 Å². The molecule has 2 aromatic rings. The Morgan fingerprint density at radius 1 is 1.29 bits per heavy atom. The highest BCUT2D eigenvalue weighted by molar-refractivity contribution is 9.10. The van der Waals surface area contributed by atoms with Gasteiger partial charge in [-0.15, -0.1) is 0 Å². The molecule has 2 rings (SSSR count). The second kappa shape index (κ2) is 6.83. The first-order valence-corrected chi connectivity index (χ1v) is 7.60. The molecule has 0 aliphatic heterocycles. The van der Waals surface area contributed by atoms with Crippen LogP contribution in [0.25, 0.3) is 0 Å². The summed E-state index contributed by atoms with van der Waals surface area (Å²) in [4.78, 5) is 12.5. The number of amides is 1. The highest BCUT2D eigenvalue weighted by Gasteiger charge is 2.09. The molecular weight excluding hydrogens is 348 g/mol. The minimum atomic E-state index is -0.123. The summed E-state index contributed by atoms with van der Waals surface area (Å²) in [6, 6.07) is 13.2. The third-order valence-electron chi connectivity index (χ3n) is 3.03. The van der Waals surface area contributed by atoms with Crippen molar-refractivity contribution in [2.45, 2.75) is 13.5 Å². The molecule has 0 saturated carbocycles. The molecule has 0 bridgehead atoms. The molecule has 1 amide bonds. The lowest BCUT2D eigenvalue weighted by Crippen LogP contribution is -2.23. The number of thiocarbonyl (C=S) groups is 1. The fourth-order valence-corrected chi connectivity index (χ4v) is 2.72. The number of rotatable bonds is 4. The first-order chi connectivity index (χ1) is 9.97. The Hall–Kier alpha value is -1.72. The maximum Gasteiger partial charge on any atom is 0.252 e. The van der Waals surface area contributed by atoms with Crippen molar-refractivity contribution < 1.29 is 4.79 Å². The first kappa shape index (κ1) is 15.7. The van der Waals surface area contributed by atoms with Crippen LogP contribution in [-0.4, -0.2) is 10.9 Å². The summed E-state index contributed by atoms with van der Waals surface area (Å²) in [5, 5.41) is 2.89. The smallest absolute Gasteiger partial charge is 0.252 e. The van der Waals surface area contributed by atoms with Crippen LogP contribution in [0.5, 0.6) is 0 Å². The maximum atomic E-state index is 12.2. The molecule has 0 heterocycles. The zero-order valence-corrected chi connectivity index (χ0v) is 13.9. The second-order valence-electron chi connectivity index (χ2n) is 4.73. The summed E-state index contributed by atoms with van der Waals surface area (Å²) < 4.78 is 0.789. The molecule has 3 N–H and O–H groups in total. The lowest BCUT2D eigenvalue weighted by atomic mass is 10.1. The molecule has 21 heavy (non-hydrogen) atoms. The Morgan fingerprint density at radius 2 is 2.05 bits per heavy atom. The number of nitrogens with two attached hydrogens (primary N) is 1. The van der Waals surface area contributed by atoms with E-state index in [1.54, 1.807) is 6.07 Å². The van der Waals surface area contributed by atoms with Crippen LogP contribution < -0.4 is 11.1 Å². The highest BCUT2D eigenvalue weighted by atomic mass is 79.9. The van der Waals surface area contributed by atoms with Gasteiger partial charge in [-0.3, -0.25) is 4.79 Å². The topological polar surface area (TPSA) is 55.1 Å². The van der Waals surface area contributed by atoms with Gasteiger partial charge in [0.05, 0.1) is 5.56 Å². The van der Waals surface area contributed by atoms with Crippen LogP contribution in [0.1, 0.15) is 27.0 Å². The molecule has 0 spiro atoms. The van der Waals surface area contributed by atoms with Gasteiger partial charge in [0.25, 0.3) is 5.91 Å². The first-order valence-electron chi connectivity index (χ1n) is 6.40. The van der Waals surface area contributed by atoms with Crippen molar-refractivity contribution in [1.82, 2.24) is 5.32 Å². The fourth-order valence-electron chi connectivity index (χ4n) is 1.92. The standard InChI is InChI=1S/C16H15BrN2OS/c1-10-5-6-13(14(17)7-10)16(20)19-9-11-3-2-4-12(8-11)15(18)21/h2-8H,9H2,1H3,(H2,18,21)(H,19,20). The van der Waals surface area contributed by atoms with Crippen LogP contribution in [0.3, 0.4) is 0 Å². The number of aryl methyl sites for hydroxylation is 1. The number of hydrogen-bond acceptors (Lipinski definition) is 2. The molecule has 0 aromatic heterocycles. The Labute approximate surface area is 137 Å². The lowest BCUT2D eigenvalue weighted by molar-refractivity contribution is 0.0950. The van der Waals surface area contributed by atoms with E-state index >= 15 is 0 Å². The number of hydrogen-bond donors (Lipinski definition) is 2. The van der Waals surface area contributed by atoms with Crippen molar-refractivity contribution in [3.63, 3.8) is 0 Å². The van der Waals surface area contributed by atoms with E-state index in [1.807, 2.05) is 43.3 Å². The van der Waals surface area contributed by atoms with E-state index in [9.17, 15) is 4.79 Å². The average molecular weight is 363 g/mol. The van der Waals surface area contributed by atoms with Gasteiger partial charge in [0.2, 0.25) is 0 Å². The van der Waals surface area contributed by atoms with E-state index in [0.717, 1.165) is 21.2 Å². The van der Waals surface area contributed by atoms with Crippen LogP contribution >= 0.6 is 28.1 Å². The van der Waals surface area contributed by atoms with Gasteiger partial charge in [0.1, 0.15) is 4.99 Å². The van der Waals surface area contributed by atoms with E-state index in [-0.39, 0.29) is 5.91 Å². The van der Waals surface area contributed by atoms with Crippen LogP contribution in [0.15, 0.2) is 46.9 Å². The van der Waals surface area contributed by atoms with E-state index in [4.69, 9.17) is 18.0 Å². The molecule has 0 saturated heterocycles. The van der Waals surface area contributed by atoms with Gasteiger partial charge in [0, 0.05) is 16.6 Å². The summed E-state index contributed by atoms with van der Waals surface area (Å²) in [5.74, 6) is -0.123. The molecule has 0 fully saturated rings. The molecule has 3 nitrogen and oxygen atoms in total. The Kier molecular flexibility index (Phi) is 5.09. The van der Waals surface area contributed by atoms with E-state index in [1.165, 1.54) is 0 Å². The normalized spacial score (nSPS) is 10.2. The van der Waals surface area contributed by atoms with Crippen molar-refractivity contribution in [2.75, 3.05) is 0 Å². The number of benzene rings is 2. The van der Waals surface area contributed by atoms with Crippen molar-refractivity contribution in [3.8, 4) is 0 Å². The predicted octanol–water partition coefficient (Wildman–Crippen LogP) is 3.32. The molecule has 2 aromatic carbocycles. The highest BCUT2D eigenvalue weighted by Crippen LogP contribution is 2.18. The summed E-state index contributed by atoms with van der Waals surface area (Å²) in [6.45, 7) is 2.41. The summed E-state index contributed by atoms with van der Waals surface area (Å²) in [6.07, 6.45) is 0. The largest absolute Gasteiger partial charge is 0.389 e. The molecule has 0 aliphatic rings. The average Bonchev–Trinajstić information content (AvgIpc) is 2.45. The minimum Gasteiger partial charge on any atom is -0.389 e. The summed E-state index contributed by atoms with van der Waals surface area (Å²) >= 11 is 8.36. The van der Waals surface area contributed by atoms with Gasteiger partial charge in [-0.2, -0.15) is 0 Å². The Morgan fingerprint density at radius 3 is 2.71 bits per heavy atom. The summed E-state index contributed by atoms with van der Waals surface area (Å²) in [5.41, 5.74) is 9.07. The summed E-state index contributed by atoms with van der Waals surface area (Å²) in [7, 11) is 0. The van der Waals surface area contributed by atoms with E-state index in [2.05, 4.69) is 21.2 Å². The van der Waals surface area contributed by atoms with Crippen molar-refractivity contribution in [2.24, 2.45) is 5.73 Å². The molecule has 5 heteroatoms. The van der Waals surface area contributed by atoms with Crippen molar-refractivity contribution in [3.05, 3.63) is 69.2 Å².